The lowest BCUT2D eigenvalue weighted by atomic mass is 9.79. The third kappa shape index (κ3) is 21.0. The maximum atomic E-state index is 13.6. The minimum Gasteiger partial charge on any atom is -0.493 e. The van der Waals surface area contributed by atoms with Crippen LogP contribution in [0.15, 0.2) is 60.7 Å². The second kappa shape index (κ2) is 41.0. The Bertz CT molecular complexity index is 6330. The van der Waals surface area contributed by atoms with E-state index in [0.717, 1.165) is 23.6 Å². The third-order valence-electron chi connectivity index (χ3n) is 22.1. The molecular weight excluding hydrogens is 1480 g/mol. The summed E-state index contributed by atoms with van der Waals surface area (Å²) in [4.78, 5) is 73.6. The van der Waals surface area contributed by atoms with Gasteiger partial charge in [-0.25, -0.2) is 0 Å². The molecule has 642 valence electrons. The molecule has 0 radical (unpaired) electrons. The molecule has 0 bridgehead atoms. The van der Waals surface area contributed by atoms with E-state index in [1.54, 1.807) is 43.0 Å². The number of hydrogen-bond donors (Lipinski definition) is 0. The fourth-order valence-corrected chi connectivity index (χ4v) is 16.4. The normalized spacial score (nSPS) is 36.6. The number of methoxy groups -OCH3 is 10. The van der Waals surface area contributed by atoms with Gasteiger partial charge in [0.25, 0.3) is 0 Å². The third-order valence-corrected chi connectivity index (χ3v) is 22.1. The van der Waals surface area contributed by atoms with Crippen molar-refractivity contribution in [3.05, 3.63) is 116 Å². The second-order valence-electron chi connectivity index (χ2n) is 31.1. The molecule has 20 nitrogen and oxygen atoms in total. The van der Waals surface area contributed by atoms with Crippen molar-refractivity contribution in [1.82, 2.24) is 24.5 Å². The van der Waals surface area contributed by atoms with Crippen LogP contribution in [0, 0.1) is 59.1 Å². The molecule has 0 spiro atoms. The number of ketones is 5. The second-order valence-corrected chi connectivity index (χ2v) is 31.1. The van der Waals surface area contributed by atoms with E-state index in [4.69, 9.17) is 110 Å². The zero-order valence-electron chi connectivity index (χ0n) is 114. The van der Waals surface area contributed by atoms with Gasteiger partial charge in [-0.3, -0.25) is 48.5 Å². The fourth-order valence-electron chi connectivity index (χ4n) is 16.4. The van der Waals surface area contributed by atoms with Crippen LogP contribution >= 0.6 is 0 Å². The number of carbonyl (C=O) groups is 5. The molecule has 10 aliphatic heterocycles. The van der Waals surface area contributed by atoms with Crippen LogP contribution in [0.4, 0.5) is 0 Å². The standard InChI is InChI=1S/2C20H29NO3.3C19H27NO3/c2*1-5-13(2)8-15-12-21-7-6-14-9-19(23-3)20(24-4)10-16(14)17(21)11-18(15)22;3*1-12(2)7-14-11-20-6-5-13-8-18(22-3)19(23-4)9-15(13)16(20)10-17(14)21/h2*9-10,13,15,17H,5-8,11-12H2,1-4H3;3*8-9,12,14,16H,5-7,10-11H2,1-4H3/i2D3,3D3,5D2,8D2,11D2,13D,15D;2D3,3D3,5D2,8D2,12D2,13D;3D3,10D2,11D2,14D;3D3,10D2,14D;3D3,11D2. The molecule has 12 unspecified atom stereocenters. The lowest BCUT2D eigenvalue weighted by Crippen LogP contribution is -2.46. The van der Waals surface area contributed by atoms with Gasteiger partial charge in [-0.1, -0.05) is 81.8 Å². The molecule has 20 heteroatoms. The summed E-state index contributed by atoms with van der Waals surface area (Å²) < 4.78 is 422. The van der Waals surface area contributed by atoms with Crippen LogP contribution in [-0.4, -0.2) is 189 Å². The molecule has 10 heterocycles. The van der Waals surface area contributed by atoms with E-state index in [-0.39, 0.29) is 151 Å². The van der Waals surface area contributed by atoms with Gasteiger partial charge in [-0.2, -0.15) is 0 Å². The van der Waals surface area contributed by atoms with Crippen LogP contribution < -0.4 is 47.4 Å². The monoisotopic (exact) mass is 1660 g/mol. The van der Waals surface area contributed by atoms with Crippen molar-refractivity contribution >= 4 is 28.9 Å². The fraction of sp³-hybridized carbons (Fsp3) is 0.639. The highest BCUT2D eigenvalue weighted by atomic mass is 16.5. The predicted octanol–water partition coefficient (Wildman–Crippen LogP) is 17.0. The van der Waals surface area contributed by atoms with Crippen molar-refractivity contribution in [1.29, 1.82) is 0 Å². The molecule has 5 saturated heterocycles. The van der Waals surface area contributed by atoms with Crippen molar-refractivity contribution in [2.45, 2.75) is 208 Å². The molecule has 0 aliphatic carbocycles. The average molecular weight is 1660 g/mol. The van der Waals surface area contributed by atoms with Crippen LogP contribution in [0.3, 0.4) is 0 Å². The van der Waals surface area contributed by atoms with Gasteiger partial charge < -0.3 is 47.4 Å². The Hall–Kier alpha value is -7.75. The van der Waals surface area contributed by atoms with Gasteiger partial charge in [0.05, 0.1) is 91.3 Å². The summed E-state index contributed by atoms with van der Waals surface area (Å²) in [5.74, 6) is -20.8. The van der Waals surface area contributed by atoms with E-state index in [1.807, 2.05) is 32.6 Å². The molecule has 12 atom stereocenters. The molecule has 117 heavy (non-hydrogen) atoms. The number of benzene rings is 5. The highest BCUT2D eigenvalue weighted by Crippen LogP contribution is 2.49. The number of ether oxygens (including phenoxy) is 10. The first kappa shape index (κ1) is 46.9. The number of hydrogen-bond acceptors (Lipinski definition) is 20. The maximum Gasteiger partial charge on any atom is 0.161 e. The van der Waals surface area contributed by atoms with Gasteiger partial charge in [0.15, 0.2) is 57.5 Å². The molecule has 5 fully saturated rings. The summed E-state index contributed by atoms with van der Waals surface area (Å²) in [7, 11) is -6.86. The Morgan fingerprint density at radius 1 is 0.368 bits per heavy atom. The van der Waals surface area contributed by atoms with Gasteiger partial charge in [-0.15, -0.1) is 0 Å². The summed E-state index contributed by atoms with van der Waals surface area (Å²) in [5.41, 5.74) is 5.53. The van der Waals surface area contributed by atoms with Crippen LogP contribution in [0.1, 0.15) is 295 Å². The Morgan fingerprint density at radius 2 is 0.658 bits per heavy atom. The van der Waals surface area contributed by atoms with E-state index in [0.29, 0.717) is 79.1 Å². The first-order chi connectivity index (χ1) is 73.6. The lowest BCUT2D eigenvalue weighted by molar-refractivity contribution is -0.130. The topological polar surface area (TPSA) is 194 Å². The van der Waals surface area contributed by atoms with E-state index < -0.39 is 215 Å². The van der Waals surface area contributed by atoms with Gasteiger partial charge in [0.2, 0.25) is 0 Å². The molecule has 0 amide bonds. The quantitative estimate of drug-likeness (QED) is 0.0634. The summed E-state index contributed by atoms with van der Waals surface area (Å²) in [6, 6.07) is 10.1. The first-order valence-electron chi connectivity index (χ1n) is 62.1. The van der Waals surface area contributed by atoms with E-state index in [1.165, 1.54) is 86.6 Å². The van der Waals surface area contributed by atoms with Crippen LogP contribution in [0.2, 0.25) is 0 Å². The number of nitrogens with zero attached hydrogens (tertiary/aromatic N) is 5. The Kier molecular flexibility index (Phi) is 16.4. The molecular formula is C97H139N5O15. The van der Waals surface area contributed by atoms with Crippen molar-refractivity contribution in [2.75, 3.05) is 136 Å². The Morgan fingerprint density at radius 3 is 1.01 bits per heavy atom. The van der Waals surface area contributed by atoms with E-state index in [2.05, 4.69) is 0 Å². The van der Waals surface area contributed by atoms with Crippen LogP contribution in [-0.2, 0) is 56.1 Å². The van der Waals surface area contributed by atoms with E-state index >= 15 is 0 Å². The molecule has 0 aromatic heterocycles. The van der Waals surface area contributed by atoms with Gasteiger partial charge in [-0.05, 0) is 210 Å². The van der Waals surface area contributed by atoms with Crippen LogP contribution in [0.25, 0.3) is 0 Å². The number of rotatable bonds is 22. The number of Topliss-reactive ketones (excluding diaryl/α,β-unsaturated/α-hetero) is 5. The Balaban J connectivity index is 0.000000192. The zero-order valence-corrected chi connectivity index (χ0v) is 68.4. The zero-order chi connectivity index (χ0) is 124. The average Bonchev–Trinajstić information content (AvgIpc) is 0.711. The molecule has 15 rings (SSSR count). The van der Waals surface area contributed by atoms with Crippen molar-refractivity contribution in [3.63, 3.8) is 0 Å². The molecule has 0 N–H and O–H groups in total. The minimum absolute atomic E-state index is 0.0293. The van der Waals surface area contributed by atoms with E-state index in [9.17, 15) is 24.0 Å². The molecule has 0 saturated carbocycles. The Labute approximate surface area is 763 Å². The number of piperidine rings is 5. The molecule has 5 aromatic carbocycles. The summed E-state index contributed by atoms with van der Waals surface area (Å²) in [5, 5.41) is 0. The molecule has 10 aliphatic rings. The maximum absolute atomic E-state index is 13.6. The van der Waals surface area contributed by atoms with Gasteiger partial charge >= 0.3 is 0 Å². The largest absolute Gasteiger partial charge is 0.493 e. The number of carbonyl (C=O) groups excluding carboxylic acids is 5. The van der Waals surface area contributed by atoms with Crippen molar-refractivity contribution in [2.24, 2.45) is 59.1 Å². The first-order valence-corrected chi connectivity index (χ1v) is 39.1. The summed E-state index contributed by atoms with van der Waals surface area (Å²) in [6.07, 6.45) is -18.7. The predicted molar refractivity (Wildman–Crippen MR) is 460 cm³/mol. The van der Waals surface area contributed by atoms with Gasteiger partial charge in [0, 0.05) is 199 Å². The smallest absolute Gasteiger partial charge is 0.161 e. The SMILES string of the molecule is [2H]C([2H])([2H])Oc1cc2c(cc1OC)C1CC(=O)C(C([2H])([2H])C([2H])(C([2H])([2H])[2H])C([2H])([2H])C)C([2H])([2H])N1CC2.[2H]C([2H])([2H])Oc1cc2c(cc1OC)C1CC(=O)C(CC(C)C)C([2H])([2H])N1CC2.[2H]C([2H])([2H])Oc1cc2c(cc1OC)C1N(CC2)C([2H])([2H])C([2H])(CC(C)C)C(=O)C1([2H])[2H].[2H]C([2H])([2H])Oc1cc2c(cc1OC)C1N(CC2)CC([2H])(C([2H])([2H])C([2H])(C([2H])([2H])[2H])C([2H])([2H])C)C(=O)C1([2H])[2H].[2H]C([2H])([2H])Oc1cc2c(cc1OC)C1N(CC2)CC([2H])(CC(C)C)C(=O)C1([2H])[2H]. The van der Waals surface area contributed by atoms with Crippen molar-refractivity contribution in [3.8, 4) is 57.5 Å². The van der Waals surface area contributed by atoms with Crippen LogP contribution in [0.5, 0.6) is 57.5 Å². The highest BCUT2D eigenvalue weighted by Gasteiger charge is 2.45. The van der Waals surface area contributed by atoms with Crippen molar-refractivity contribution < 1.29 is 134 Å². The summed E-state index contributed by atoms with van der Waals surface area (Å²) in [6.45, 7) is -0.959. The number of fused-ring (bicyclic) bond motifs is 15. The highest BCUT2D eigenvalue weighted by molar-refractivity contribution is 5.86. The minimum atomic E-state index is -3.67. The summed E-state index contributed by atoms with van der Waals surface area (Å²) >= 11 is 0. The van der Waals surface area contributed by atoms with Gasteiger partial charge in [0.1, 0.15) is 28.9 Å². The molecule has 5 aromatic rings. The lowest BCUT2D eigenvalue weighted by Gasteiger charge is -2.43.